The maximum absolute atomic E-state index is 9.49. The second kappa shape index (κ2) is 7.71. The Kier molecular flexibility index (Phi) is 5.40. The summed E-state index contributed by atoms with van der Waals surface area (Å²) >= 11 is 18.1. The highest BCUT2D eigenvalue weighted by Gasteiger charge is 2.25. The summed E-state index contributed by atoms with van der Waals surface area (Å²) in [7, 11) is 0. The average Bonchev–Trinajstić information content (AvgIpc) is 2.97. The van der Waals surface area contributed by atoms with Gasteiger partial charge in [-0.2, -0.15) is 5.26 Å². The quantitative estimate of drug-likeness (QED) is 0.714. The maximum atomic E-state index is 9.49. The van der Waals surface area contributed by atoms with E-state index < -0.39 is 0 Å². The highest BCUT2D eigenvalue weighted by molar-refractivity contribution is 6.35. The van der Waals surface area contributed by atoms with Crippen molar-refractivity contribution in [3.8, 4) is 6.07 Å². The normalized spacial score (nSPS) is 13.9. The Bertz CT molecular complexity index is 882. The van der Waals surface area contributed by atoms with E-state index in [0.29, 0.717) is 26.5 Å². The molecule has 2 aromatic rings. The van der Waals surface area contributed by atoms with E-state index in [1.807, 2.05) is 18.2 Å². The van der Waals surface area contributed by atoms with Crippen LogP contribution < -0.4 is 10.2 Å². The summed E-state index contributed by atoms with van der Waals surface area (Å²) in [6, 6.07) is 14.6. The van der Waals surface area contributed by atoms with Crippen molar-refractivity contribution in [3.63, 3.8) is 0 Å². The summed E-state index contributed by atoms with van der Waals surface area (Å²) < 4.78 is 5.61. The number of anilines is 2. The highest BCUT2D eigenvalue weighted by Crippen LogP contribution is 2.33. The van der Waals surface area contributed by atoms with Crippen LogP contribution in [0, 0.1) is 11.3 Å². The summed E-state index contributed by atoms with van der Waals surface area (Å²) in [5, 5.41) is 14.1. The molecule has 0 aliphatic carbocycles. The van der Waals surface area contributed by atoms with E-state index in [9.17, 15) is 5.26 Å². The van der Waals surface area contributed by atoms with E-state index in [1.165, 1.54) is 0 Å². The van der Waals surface area contributed by atoms with Crippen molar-refractivity contribution in [1.29, 1.82) is 5.26 Å². The van der Waals surface area contributed by atoms with Gasteiger partial charge in [0, 0.05) is 21.9 Å². The molecule has 1 heterocycles. The molecule has 0 atom stereocenters. The summed E-state index contributed by atoms with van der Waals surface area (Å²) in [5.41, 5.74) is 1.84. The minimum Gasteiger partial charge on any atom is -0.470 e. The molecule has 7 heteroatoms. The maximum Gasteiger partial charge on any atom is 0.166 e. The number of allylic oxidation sites excluding steroid dienone is 2. The Morgan fingerprint density at radius 2 is 1.84 bits per heavy atom. The fourth-order valence-corrected chi connectivity index (χ4v) is 3.12. The first-order valence-electron chi connectivity index (χ1n) is 7.27. The van der Waals surface area contributed by atoms with Gasteiger partial charge >= 0.3 is 0 Å². The van der Waals surface area contributed by atoms with Crippen LogP contribution in [0.25, 0.3) is 0 Å². The monoisotopic (exact) mass is 391 g/mol. The van der Waals surface area contributed by atoms with Crippen LogP contribution in [0.3, 0.4) is 0 Å². The number of para-hydroxylation sites is 1. The molecule has 0 unspecified atom stereocenters. The SMILES string of the molecule is N#CC1=C(C=CNc2cc(Cl)cc(Cl)c2)OCN1c1ccccc1Cl. The lowest BCUT2D eigenvalue weighted by molar-refractivity contribution is 0.257. The summed E-state index contributed by atoms with van der Waals surface area (Å²) in [4.78, 5) is 1.72. The van der Waals surface area contributed by atoms with Crippen molar-refractivity contribution in [2.45, 2.75) is 0 Å². The van der Waals surface area contributed by atoms with Crippen molar-refractivity contribution in [2.24, 2.45) is 0 Å². The molecule has 0 fully saturated rings. The number of ether oxygens (including phenoxy) is 1. The highest BCUT2D eigenvalue weighted by atomic mass is 35.5. The van der Waals surface area contributed by atoms with Crippen molar-refractivity contribution in [3.05, 3.63) is 81.3 Å². The second-order valence-electron chi connectivity index (χ2n) is 5.11. The van der Waals surface area contributed by atoms with Crippen LogP contribution in [0.2, 0.25) is 15.1 Å². The van der Waals surface area contributed by atoms with Crippen LogP contribution in [0.1, 0.15) is 0 Å². The first-order chi connectivity index (χ1) is 12.1. The Hall–Kier alpha value is -2.32. The number of halogens is 3. The zero-order valence-electron chi connectivity index (χ0n) is 12.8. The molecule has 2 aromatic carbocycles. The van der Waals surface area contributed by atoms with Crippen LogP contribution in [-0.2, 0) is 4.74 Å². The number of hydrogen-bond acceptors (Lipinski definition) is 4. The molecule has 0 amide bonds. The van der Waals surface area contributed by atoms with Gasteiger partial charge in [0.2, 0.25) is 0 Å². The predicted molar refractivity (Wildman–Crippen MR) is 102 cm³/mol. The van der Waals surface area contributed by atoms with Gasteiger partial charge in [-0.1, -0.05) is 46.9 Å². The van der Waals surface area contributed by atoms with Crippen molar-refractivity contribution >= 4 is 46.2 Å². The van der Waals surface area contributed by atoms with Crippen molar-refractivity contribution in [2.75, 3.05) is 16.9 Å². The minimum atomic E-state index is 0.218. The fraction of sp³-hybridized carbons (Fsp3) is 0.0556. The molecule has 0 saturated carbocycles. The van der Waals surface area contributed by atoms with E-state index in [-0.39, 0.29) is 6.73 Å². The molecule has 1 aliphatic heterocycles. The Labute approximate surface area is 160 Å². The van der Waals surface area contributed by atoms with Crippen LogP contribution in [0.5, 0.6) is 0 Å². The van der Waals surface area contributed by atoms with Gasteiger partial charge in [0.1, 0.15) is 6.07 Å². The Morgan fingerprint density at radius 1 is 1.12 bits per heavy atom. The molecule has 4 nitrogen and oxygen atoms in total. The molecule has 25 heavy (non-hydrogen) atoms. The molecular formula is C18H12Cl3N3O. The van der Waals surface area contributed by atoms with Crippen LogP contribution in [0.4, 0.5) is 11.4 Å². The van der Waals surface area contributed by atoms with Crippen LogP contribution in [0.15, 0.2) is 66.2 Å². The average molecular weight is 393 g/mol. The molecule has 0 bridgehead atoms. The van der Waals surface area contributed by atoms with Gasteiger partial charge < -0.3 is 10.1 Å². The minimum absolute atomic E-state index is 0.218. The first kappa shape index (κ1) is 17.5. The van der Waals surface area contributed by atoms with Gasteiger partial charge in [0.25, 0.3) is 0 Å². The molecule has 126 valence electrons. The molecule has 1 aliphatic rings. The number of nitrogens with zero attached hydrogens (tertiary/aromatic N) is 2. The number of nitriles is 1. The largest absolute Gasteiger partial charge is 0.470 e. The third-order valence-corrected chi connectivity index (χ3v) is 4.20. The van der Waals surface area contributed by atoms with Crippen molar-refractivity contribution < 1.29 is 4.74 Å². The molecule has 0 radical (unpaired) electrons. The summed E-state index contributed by atoms with van der Waals surface area (Å²) in [6.07, 6.45) is 3.33. The molecule has 0 aromatic heterocycles. The lowest BCUT2D eigenvalue weighted by Crippen LogP contribution is -2.18. The van der Waals surface area contributed by atoms with Crippen LogP contribution >= 0.6 is 34.8 Å². The summed E-state index contributed by atoms with van der Waals surface area (Å²) in [5.74, 6) is 0.447. The third kappa shape index (κ3) is 4.02. The van der Waals surface area contributed by atoms with E-state index in [0.717, 1.165) is 11.4 Å². The molecular weight excluding hydrogens is 381 g/mol. The van der Waals surface area contributed by atoms with Gasteiger partial charge in [-0.3, -0.25) is 4.90 Å². The van der Waals surface area contributed by atoms with Gasteiger partial charge in [0.15, 0.2) is 18.2 Å². The second-order valence-corrected chi connectivity index (χ2v) is 6.39. The number of rotatable bonds is 4. The topological polar surface area (TPSA) is 48.3 Å². The van der Waals surface area contributed by atoms with Gasteiger partial charge in [-0.15, -0.1) is 0 Å². The molecule has 0 saturated heterocycles. The molecule has 1 N–H and O–H groups in total. The first-order valence-corrected chi connectivity index (χ1v) is 8.40. The molecule has 3 rings (SSSR count). The predicted octanol–water partition coefficient (Wildman–Crippen LogP) is 5.80. The lowest BCUT2D eigenvalue weighted by Gasteiger charge is -2.16. The third-order valence-electron chi connectivity index (χ3n) is 3.45. The van der Waals surface area contributed by atoms with Crippen LogP contribution in [-0.4, -0.2) is 6.73 Å². The Balaban J connectivity index is 1.80. The number of nitrogens with one attached hydrogen (secondary N) is 1. The van der Waals surface area contributed by atoms with Crippen molar-refractivity contribution in [1.82, 2.24) is 0 Å². The van der Waals surface area contributed by atoms with Gasteiger partial charge in [-0.25, -0.2) is 0 Å². The lowest BCUT2D eigenvalue weighted by atomic mass is 10.2. The summed E-state index contributed by atoms with van der Waals surface area (Å²) in [6.45, 7) is 0.218. The smallest absolute Gasteiger partial charge is 0.166 e. The van der Waals surface area contributed by atoms with E-state index in [2.05, 4.69) is 11.4 Å². The zero-order chi connectivity index (χ0) is 17.8. The Morgan fingerprint density at radius 3 is 2.52 bits per heavy atom. The standard InChI is InChI=1S/C18H12Cl3N3O/c19-12-7-13(20)9-14(8-12)23-6-5-18-17(10-22)24(11-25-18)16-4-2-1-3-15(16)21/h1-9,23H,11H2. The molecule has 0 spiro atoms. The van der Waals surface area contributed by atoms with E-state index in [4.69, 9.17) is 39.5 Å². The van der Waals surface area contributed by atoms with E-state index >= 15 is 0 Å². The van der Waals surface area contributed by atoms with Gasteiger partial charge in [-0.05, 0) is 36.4 Å². The number of benzene rings is 2. The zero-order valence-corrected chi connectivity index (χ0v) is 15.1. The fourth-order valence-electron chi connectivity index (χ4n) is 2.35. The van der Waals surface area contributed by atoms with Gasteiger partial charge in [0.05, 0.1) is 10.7 Å². The van der Waals surface area contributed by atoms with E-state index in [1.54, 1.807) is 41.4 Å². The number of hydrogen-bond donors (Lipinski definition) is 1.